The molecule has 0 radical (unpaired) electrons. The molecule has 2 heterocycles. The molecule has 8 heteroatoms. The molecule has 1 fully saturated rings. The van der Waals surface area contributed by atoms with Gasteiger partial charge >= 0.3 is 0 Å². The van der Waals surface area contributed by atoms with Crippen LogP contribution in [0.5, 0.6) is 0 Å². The second-order valence-corrected chi connectivity index (χ2v) is 9.21. The molecule has 2 N–H and O–H groups in total. The van der Waals surface area contributed by atoms with Crippen LogP contribution in [0.15, 0.2) is 30.3 Å². The summed E-state index contributed by atoms with van der Waals surface area (Å²) < 4.78 is 0. The van der Waals surface area contributed by atoms with Crippen LogP contribution < -0.4 is 5.73 Å². The van der Waals surface area contributed by atoms with E-state index < -0.39 is 0 Å². The van der Waals surface area contributed by atoms with E-state index in [-0.39, 0.29) is 5.78 Å². The lowest BCUT2D eigenvalue weighted by molar-refractivity contribution is -0.117. The zero-order valence-corrected chi connectivity index (χ0v) is 16.5. The first-order valence-corrected chi connectivity index (χ1v) is 10.7. The van der Waals surface area contributed by atoms with Gasteiger partial charge in [-0.05, 0) is 30.7 Å². The molecule has 0 aliphatic heterocycles. The Morgan fingerprint density at radius 3 is 2.59 bits per heavy atom. The van der Waals surface area contributed by atoms with Gasteiger partial charge in [-0.25, -0.2) is 0 Å². The van der Waals surface area contributed by atoms with Crippen molar-refractivity contribution in [1.29, 1.82) is 0 Å². The number of carbonyl (C=O) groups is 1. The number of carbonyl (C=O) groups excluding carboxylic acids is 1. The first-order valence-electron chi connectivity index (χ1n) is 9.11. The van der Waals surface area contributed by atoms with Crippen LogP contribution in [0, 0.1) is 5.92 Å². The van der Waals surface area contributed by atoms with E-state index in [1.54, 1.807) is 11.3 Å². The van der Waals surface area contributed by atoms with Gasteiger partial charge in [-0.1, -0.05) is 41.7 Å². The fourth-order valence-electron chi connectivity index (χ4n) is 3.64. The molecule has 3 aromatic rings. The first kappa shape index (κ1) is 18.2. The van der Waals surface area contributed by atoms with Crippen molar-refractivity contribution in [2.45, 2.75) is 44.4 Å². The van der Waals surface area contributed by atoms with Crippen LogP contribution in [0.4, 0.5) is 5.13 Å². The predicted molar refractivity (Wildman–Crippen MR) is 107 cm³/mol. The molecule has 1 aliphatic rings. The maximum atomic E-state index is 12.3. The van der Waals surface area contributed by atoms with Gasteiger partial charge in [-0.15, -0.1) is 31.7 Å². The average Bonchev–Trinajstić information content (AvgIpc) is 3.38. The lowest BCUT2D eigenvalue weighted by Crippen LogP contribution is -2.06. The maximum Gasteiger partial charge on any atom is 0.203 e. The summed E-state index contributed by atoms with van der Waals surface area (Å²) in [6.45, 7) is 0. The minimum Gasteiger partial charge on any atom is -0.374 e. The van der Waals surface area contributed by atoms with Gasteiger partial charge < -0.3 is 5.73 Å². The monoisotopic (exact) mass is 399 g/mol. The highest BCUT2D eigenvalue weighted by Gasteiger charge is 2.29. The van der Waals surface area contributed by atoms with Gasteiger partial charge in [0.05, 0.1) is 6.42 Å². The number of anilines is 1. The second kappa shape index (κ2) is 8.22. The largest absolute Gasteiger partial charge is 0.374 e. The van der Waals surface area contributed by atoms with Crippen molar-refractivity contribution in [3.05, 3.63) is 50.9 Å². The summed E-state index contributed by atoms with van der Waals surface area (Å²) in [6.07, 6.45) is 5.12. The van der Waals surface area contributed by atoms with Crippen LogP contribution in [-0.2, 0) is 24.1 Å². The third-order valence-corrected chi connectivity index (χ3v) is 6.77. The molecule has 140 valence electrons. The molecule has 27 heavy (non-hydrogen) atoms. The number of nitrogen functional groups attached to an aromatic ring is 1. The van der Waals surface area contributed by atoms with Crippen LogP contribution in [0.3, 0.4) is 0 Å². The molecule has 1 unspecified atom stereocenters. The number of ketones is 1. The fourth-order valence-corrected chi connectivity index (χ4v) is 5.38. The Hall–Kier alpha value is -2.19. The zero-order valence-electron chi connectivity index (χ0n) is 14.9. The van der Waals surface area contributed by atoms with Crippen molar-refractivity contribution < 1.29 is 4.79 Å². The lowest BCUT2D eigenvalue weighted by atomic mass is 10.0. The Morgan fingerprint density at radius 1 is 1.00 bits per heavy atom. The second-order valence-electron chi connectivity index (χ2n) is 7.03. The molecular weight excluding hydrogens is 378 g/mol. The molecule has 0 bridgehead atoms. The number of benzene rings is 1. The smallest absolute Gasteiger partial charge is 0.203 e. The molecule has 0 saturated heterocycles. The Kier molecular flexibility index (Phi) is 5.54. The van der Waals surface area contributed by atoms with E-state index in [0.717, 1.165) is 46.3 Å². The molecule has 4 rings (SSSR count). The van der Waals surface area contributed by atoms with E-state index in [2.05, 4.69) is 20.4 Å². The van der Waals surface area contributed by atoms with Crippen LogP contribution >= 0.6 is 22.7 Å². The molecule has 2 aromatic heterocycles. The molecular formula is C19H21N5OS2. The van der Waals surface area contributed by atoms with E-state index in [1.807, 2.05) is 30.3 Å². The minimum atomic E-state index is 0.182. The topological polar surface area (TPSA) is 94.7 Å². The van der Waals surface area contributed by atoms with Crippen molar-refractivity contribution in [2.24, 2.45) is 5.92 Å². The number of Topliss-reactive ketones (excluding diaryl/α,β-unsaturated/α-hetero) is 1. The molecule has 1 aliphatic carbocycles. The van der Waals surface area contributed by atoms with Crippen molar-refractivity contribution in [3.8, 4) is 0 Å². The molecule has 2 atom stereocenters. The van der Waals surface area contributed by atoms with Gasteiger partial charge in [-0.2, -0.15) is 0 Å². The first-order chi connectivity index (χ1) is 13.2. The van der Waals surface area contributed by atoms with Crippen molar-refractivity contribution in [2.75, 3.05) is 5.73 Å². The summed E-state index contributed by atoms with van der Waals surface area (Å²) in [5.74, 6) is 1.22. The fraction of sp³-hybridized carbons (Fsp3) is 0.421. The summed E-state index contributed by atoms with van der Waals surface area (Å²) in [4.78, 5) is 12.3. The van der Waals surface area contributed by atoms with E-state index in [4.69, 9.17) is 5.73 Å². The van der Waals surface area contributed by atoms with E-state index >= 15 is 0 Å². The number of hydrogen-bond acceptors (Lipinski definition) is 8. The molecule has 0 amide bonds. The summed E-state index contributed by atoms with van der Waals surface area (Å²) in [5, 5.41) is 20.1. The van der Waals surface area contributed by atoms with Gasteiger partial charge in [0.2, 0.25) is 5.13 Å². The van der Waals surface area contributed by atoms with Crippen LogP contribution in [0.1, 0.15) is 45.8 Å². The highest BCUT2D eigenvalue weighted by Crippen LogP contribution is 2.41. The van der Waals surface area contributed by atoms with Crippen molar-refractivity contribution in [1.82, 2.24) is 20.4 Å². The van der Waals surface area contributed by atoms with Gasteiger partial charge in [0.25, 0.3) is 0 Å². The number of nitrogens with zero attached hydrogens (tertiary/aromatic N) is 4. The standard InChI is InChI=1S/C19H21N5OS2/c20-19-24-22-16(27-19)10-13-6-7-14(8-13)18-23-21-17(26-18)11-15(25)9-12-4-2-1-3-5-12/h1-5,13-14H,6-11H2,(H2,20,24)/t13?,14-/m1/s1. The number of rotatable bonds is 7. The molecule has 1 saturated carbocycles. The Bertz CT molecular complexity index is 908. The summed E-state index contributed by atoms with van der Waals surface area (Å²) in [5.41, 5.74) is 6.71. The Morgan fingerprint density at radius 2 is 1.81 bits per heavy atom. The van der Waals surface area contributed by atoms with E-state index in [9.17, 15) is 4.79 Å². The zero-order chi connectivity index (χ0) is 18.6. The number of aromatic nitrogens is 4. The molecule has 0 spiro atoms. The van der Waals surface area contributed by atoms with Gasteiger partial charge in [0.15, 0.2) is 0 Å². The van der Waals surface area contributed by atoms with Crippen molar-refractivity contribution >= 4 is 33.6 Å². The van der Waals surface area contributed by atoms with E-state index in [1.165, 1.54) is 11.3 Å². The third kappa shape index (κ3) is 4.75. The Labute approximate surface area is 165 Å². The average molecular weight is 400 g/mol. The summed E-state index contributed by atoms with van der Waals surface area (Å²) in [6, 6.07) is 9.83. The minimum absolute atomic E-state index is 0.182. The van der Waals surface area contributed by atoms with E-state index in [0.29, 0.717) is 29.8 Å². The van der Waals surface area contributed by atoms with Crippen LogP contribution in [-0.4, -0.2) is 26.2 Å². The summed E-state index contributed by atoms with van der Waals surface area (Å²) >= 11 is 3.07. The van der Waals surface area contributed by atoms with Gasteiger partial charge in [0, 0.05) is 18.8 Å². The number of nitrogens with two attached hydrogens (primary N) is 1. The van der Waals surface area contributed by atoms with Gasteiger partial charge in [-0.3, -0.25) is 4.79 Å². The van der Waals surface area contributed by atoms with Gasteiger partial charge in [0.1, 0.15) is 20.8 Å². The van der Waals surface area contributed by atoms with Crippen molar-refractivity contribution in [3.63, 3.8) is 0 Å². The highest BCUT2D eigenvalue weighted by atomic mass is 32.1. The SMILES string of the molecule is Nc1nnc(CC2CC[C@@H](c3nnc(CC(=O)Cc4ccccc4)s3)C2)s1. The Balaban J connectivity index is 1.31. The predicted octanol–water partition coefficient (Wildman–Crippen LogP) is 3.45. The quantitative estimate of drug-likeness (QED) is 0.654. The normalized spacial score (nSPS) is 19.4. The van der Waals surface area contributed by atoms with Crippen LogP contribution in [0.25, 0.3) is 0 Å². The molecule has 6 nitrogen and oxygen atoms in total. The van der Waals surface area contributed by atoms with Crippen LogP contribution in [0.2, 0.25) is 0 Å². The highest BCUT2D eigenvalue weighted by molar-refractivity contribution is 7.15. The third-order valence-electron chi connectivity index (χ3n) is 4.91. The summed E-state index contributed by atoms with van der Waals surface area (Å²) in [7, 11) is 0. The maximum absolute atomic E-state index is 12.3. The number of hydrogen-bond donors (Lipinski definition) is 1. The lowest BCUT2D eigenvalue weighted by Gasteiger charge is -2.06. The molecule has 1 aromatic carbocycles.